The number of aliphatic carboxylic acids is 2. The summed E-state index contributed by atoms with van der Waals surface area (Å²) >= 11 is 2.88. The molecule has 0 aromatic heterocycles. The first-order valence-electron chi connectivity index (χ1n) is 9.12. The summed E-state index contributed by atoms with van der Waals surface area (Å²) in [6.45, 7) is 1.39. The number of carbonyl (C=O) groups excluding carboxylic acids is 3. The van der Waals surface area contributed by atoms with Crippen LogP contribution in [0.1, 0.15) is 26.2 Å². The van der Waals surface area contributed by atoms with Crippen LogP contribution in [0.15, 0.2) is 0 Å². The van der Waals surface area contributed by atoms with Gasteiger partial charge in [-0.15, -0.1) is 0 Å². The third-order valence-electron chi connectivity index (χ3n) is 3.95. The first-order chi connectivity index (χ1) is 14.0. The molecule has 0 radical (unpaired) electrons. The number of carboxylic acids is 2. The highest BCUT2D eigenvalue weighted by Crippen LogP contribution is 2.04. The lowest BCUT2D eigenvalue weighted by atomic mass is 10.1. The molecule has 0 heterocycles. The molecule has 0 rings (SSSR count). The number of thioether (sulfide) groups is 2. The van der Waals surface area contributed by atoms with Crippen molar-refractivity contribution < 1.29 is 34.2 Å². The van der Waals surface area contributed by atoms with E-state index in [1.165, 1.54) is 30.4 Å². The third kappa shape index (κ3) is 11.3. The van der Waals surface area contributed by atoms with Gasteiger partial charge in [0.1, 0.15) is 18.1 Å². The van der Waals surface area contributed by atoms with Crippen molar-refractivity contribution in [3.8, 4) is 0 Å². The average molecular weight is 467 g/mol. The molecule has 11 nitrogen and oxygen atoms in total. The summed E-state index contributed by atoms with van der Waals surface area (Å²) in [7, 11) is 0. The molecule has 172 valence electrons. The topological polar surface area (TPSA) is 188 Å². The van der Waals surface area contributed by atoms with Gasteiger partial charge in [-0.05, 0) is 43.8 Å². The maximum atomic E-state index is 12.5. The van der Waals surface area contributed by atoms with Gasteiger partial charge in [-0.25, -0.2) is 4.79 Å². The van der Waals surface area contributed by atoms with Gasteiger partial charge in [-0.1, -0.05) is 0 Å². The number of hydrogen-bond acceptors (Lipinski definition) is 8. The van der Waals surface area contributed by atoms with Gasteiger partial charge in [-0.3, -0.25) is 19.2 Å². The SMILES string of the molecule is CSCCC(NC(=O)C(C)NC(=O)C(CCSC)NC(=O)C(N)CC(=O)O)C(=O)O. The fourth-order valence-electron chi connectivity index (χ4n) is 2.23. The zero-order chi connectivity index (χ0) is 23.3. The predicted molar refractivity (Wildman–Crippen MR) is 115 cm³/mol. The van der Waals surface area contributed by atoms with E-state index in [9.17, 15) is 29.1 Å². The molecule has 0 bridgehead atoms. The fraction of sp³-hybridized carbons (Fsp3) is 0.706. The Balaban J connectivity index is 4.98. The monoisotopic (exact) mass is 466 g/mol. The largest absolute Gasteiger partial charge is 0.481 e. The van der Waals surface area contributed by atoms with E-state index in [4.69, 9.17) is 10.8 Å². The van der Waals surface area contributed by atoms with Crippen LogP contribution in [-0.4, -0.2) is 88.1 Å². The number of amides is 3. The van der Waals surface area contributed by atoms with Gasteiger partial charge in [0.25, 0.3) is 0 Å². The summed E-state index contributed by atoms with van der Waals surface area (Å²) in [6, 6.07) is -4.47. The van der Waals surface area contributed by atoms with Crippen LogP contribution in [0.5, 0.6) is 0 Å². The van der Waals surface area contributed by atoms with Crippen molar-refractivity contribution >= 4 is 53.2 Å². The standard InChI is InChI=1S/C17H30N4O7S2/c1-9(14(24)21-12(17(27)28)5-7-30-3)19-16(26)11(4-6-29-2)20-15(25)10(18)8-13(22)23/h9-12H,4-8,18H2,1-3H3,(H,19,26)(H,20,25)(H,21,24)(H,22,23)(H,27,28). The van der Waals surface area contributed by atoms with Gasteiger partial charge in [0.2, 0.25) is 17.7 Å². The summed E-state index contributed by atoms with van der Waals surface area (Å²) in [5, 5.41) is 25.2. The molecule has 3 amide bonds. The predicted octanol–water partition coefficient (Wildman–Crippen LogP) is -1.15. The summed E-state index contributed by atoms with van der Waals surface area (Å²) in [5.74, 6) is -3.48. The van der Waals surface area contributed by atoms with Crippen molar-refractivity contribution in [2.24, 2.45) is 5.73 Å². The van der Waals surface area contributed by atoms with E-state index in [0.717, 1.165) is 0 Å². The summed E-state index contributed by atoms with van der Waals surface area (Å²) in [5.41, 5.74) is 5.52. The number of hydrogen-bond donors (Lipinski definition) is 6. The van der Waals surface area contributed by atoms with E-state index in [0.29, 0.717) is 11.5 Å². The Morgan fingerprint density at radius 3 is 1.80 bits per heavy atom. The van der Waals surface area contributed by atoms with Crippen LogP contribution < -0.4 is 21.7 Å². The van der Waals surface area contributed by atoms with Crippen LogP contribution in [0.3, 0.4) is 0 Å². The van der Waals surface area contributed by atoms with Crippen LogP contribution in [0.25, 0.3) is 0 Å². The fourth-order valence-corrected chi connectivity index (χ4v) is 3.18. The molecule has 0 aromatic rings. The highest BCUT2D eigenvalue weighted by Gasteiger charge is 2.28. The minimum Gasteiger partial charge on any atom is -0.481 e. The minimum absolute atomic E-state index is 0.233. The number of carbonyl (C=O) groups is 5. The second-order valence-electron chi connectivity index (χ2n) is 6.46. The number of rotatable bonds is 15. The van der Waals surface area contributed by atoms with Gasteiger partial charge in [0.15, 0.2) is 0 Å². The van der Waals surface area contributed by atoms with Crippen LogP contribution in [0.2, 0.25) is 0 Å². The molecule has 7 N–H and O–H groups in total. The maximum absolute atomic E-state index is 12.5. The average Bonchev–Trinajstić information content (AvgIpc) is 2.66. The Morgan fingerprint density at radius 2 is 1.33 bits per heavy atom. The molecule has 0 aliphatic heterocycles. The Morgan fingerprint density at radius 1 is 0.833 bits per heavy atom. The van der Waals surface area contributed by atoms with Gasteiger partial charge >= 0.3 is 11.9 Å². The van der Waals surface area contributed by atoms with Crippen LogP contribution >= 0.6 is 23.5 Å². The maximum Gasteiger partial charge on any atom is 0.326 e. The van der Waals surface area contributed by atoms with Crippen LogP contribution in [0, 0.1) is 0 Å². The van der Waals surface area contributed by atoms with Crippen molar-refractivity contribution in [2.75, 3.05) is 24.0 Å². The lowest BCUT2D eigenvalue weighted by Gasteiger charge is -2.23. The molecule has 0 saturated carbocycles. The Hall–Kier alpha value is -1.99. The van der Waals surface area contributed by atoms with Crippen LogP contribution in [0.4, 0.5) is 0 Å². The molecule has 0 aliphatic carbocycles. The van der Waals surface area contributed by atoms with E-state index >= 15 is 0 Å². The van der Waals surface area contributed by atoms with E-state index < -0.39 is 60.2 Å². The first-order valence-corrected chi connectivity index (χ1v) is 11.9. The Kier molecular flexibility index (Phi) is 13.9. The molecule has 4 unspecified atom stereocenters. The third-order valence-corrected chi connectivity index (χ3v) is 5.24. The molecule has 0 aliphatic rings. The molecule has 13 heteroatoms. The lowest BCUT2D eigenvalue weighted by molar-refractivity contribution is -0.142. The van der Waals surface area contributed by atoms with Gasteiger partial charge in [0, 0.05) is 0 Å². The molecule has 0 aromatic carbocycles. The molecule has 0 saturated heterocycles. The van der Waals surface area contributed by atoms with Crippen molar-refractivity contribution in [3.63, 3.8) is 0 Å². The van der Waals surface area contributed by atoms with E-state index in [2.05, 4.69) is 16.0 Å². The van der Waals surface area contributed by atoms with E-state index in [-0.39, 0.29) is 12.8 Å². The molecular formula is C17H30N4O7S2. The first kappa shape index (κ1) is 28.0. The molecule has 4 atom stereocenters. The van der Waals surface area contributed by atoms with E-state index in [1.54, 1.807) is 0 Å². The second-order valence-corrected chi connectivity index (χ2v) is 8.43. The minimum atomic E-state index is -1.32. The number of nitrogens with one attached hydrogen (secondary N) is 3. The van der Waals surface area contributed by atoms with Crippen molar-refractivity contribution in [1.82, 2.24) is 16.0 Å². The highest BCUT2D eigenvalue weighted by atomic mass is 32.2. The zero-order valence-electron chi connectivity index (χ0n) is 17.2. The highest BCUT2D eigenvalue weighted by molar-refractivity contribution is 7.98. The Labute approximate surface area is 183 Å². The summed E-state index contributed by atoms with van der Waals surface area (Å²) in [6.07, 6.45) is 3.50. The summed E-state index contributed by atoms with van der Waals surface area (Å²) in [4.78, 5) is 58.8. The second kappa shape index (κ2) is 14.9. The number of carboxylic acid groups (broad SMARTS) is 2. The molecule has 30 heavy (non-hydrogen) atoms. The van der Waals surface area contributed by atoms with Crippen molar-refractivity contribution in [3.05, 3.63) is 0 Å². The normalized spacial score (nSPS) is 14.7. The van der Waals surface area contributed by atoms with Crippen LogP contribution in [-0.2, 0) is 24.0 Å². The van der Waals surface area contributed by atoms with E-state index in [1.807, 2.05) is 12.5 Å². The van der Waals surface area contributed by atoms with Gasteiger partial charge in [-0.2, -0.15) is 23.5 Å². The van der Waals surface area contributed by atoms with Crippen molar-refractivity contribution in [1.29, 1.82) is 0 Å². The quantitative estimate of drug-likeness (QED) is 0.172. The lowest BCUT2D eigenvalue weighted by Crippen LogP contribution is -2.56. The van der Waals surface area contributed by atoms with Gasteiger partial charge in [0.05, 0.1) is 12.5 Å². The molecular weight excluding hydrogens is 436 g/mol. The van der Waals surface area contributed by atoms with Gasteiger partial charge < -0.3 is 31.9 Å². The molecule has 0 fully saturated rings. The molecule has 0 spiro atoms. The Bertz CT molecular complexity index is 621. The number of nitrogens with two attached hydrogens (primary N) is 1. The zero-order valence-corrected chi connectivity index (χ0v) is 18.8. The smallest absolute Gasteiger partial charge is 0.326 e. The van der Waals surface area contributed by atoms with Crippen molar-refractivity contribution in [2.45, 2.75) is 50.4 Å². The summed E-state index contributed by atoms with van der Waals surface area (Å²) < 4.78 is 0.